The Bertz CT molecular complexity index is 694. The third kappa shape index (κ3) is 11.7. The molecule has 0 aliphatic rings. The van der Waals surface area contributed by atoms with Gasteiger partial charge in [0, 0.05) is 22.7 Å². The Hall–Kier alpha value is -1.45. The van der Waals surface area contributed by atoms with E-state index in [0.717, 1.165) is 11.6 Å². The summed E-state index contributed by atoms with van der Waals surface area (Å²) in [6.07, 6.45) is 3.79. The molecule has 0 amide bonds. The first-order valence-corrected chi connectivity index (χ1v) is 12.1. The van der Waals surface area contributed by atoms with Gasteiger partial charge in [-0.05, 0) is 12.1 Å². The molecule has 0 spiro atoms. The van der Waals surface area contributed by atoms with Crippen LogP contribution in [-0.2, 0) is 6.54 Å². The predicted octanol–water partition coefficient (Wildman–Crippen LogP) is 4.69. The van der Waals surface area contributed by atoms with Crippen LogP contribution in [0.1, 0.15) is 11.1 Å². The molecule has 0 N–H and O–H groups in total. The van der Waals surface area contributed by atoms with Crippen LogP contribution in [-0.4, -0.2) is 19.5 Å². The molecule has 10 heteroatoms. The Morgan fingerprint density at radius 1 is 0.913 bits per heavy atom. The van der Waals surface area contributed by atoms with E-state index in [2.05, 4.69) is 6.07 Å². The molecule has 1 aromatic heterocycles. The maximum atomic E-state index is 9.93. The van der Waals surface area contributed by atoms with E-state index >= 15 is 0 Å². The molecular weight excluding hydrogens is 455 g/mol. The number of hydrogen-bond acceptors (Lipinski definition) is 1. The quantitative estimate of drug-likeness (QED) is 0.359. The van der Waals surface area contributed by atoms with Crippen molar-refractivity contribution in [2.75, 3.05) is 0 Å². The first-order valence-electron chi connectivity index (χ1n) is 5.93. The first kappa shape index (κ1) is 19.6. The first-order chi connectivity index (χ1) is 10.2. The Morgan fingerprint density at radius 3 is 1.74 bits per heavy atom. The van der Waals surface area contributed by atoms with Gasteiger partial charge < -0.3 is 0 Å². The Morgan fingerprint density at radius 2 is 1.35 bits per heavy atom. The molecule has 0 aliphatic heterocycles. The summed E-state index contributed by atoms with van der Waals surface area (Å²) in [4.78, 5) is 0. The zero-order valence-corrected chi connectivity index (χ0v) is 14.6. The number of hydrogen-bond donors (Lipinski definition) is 0. The second kappa shape index (κ2) is 6.21. The van der Waals surface area contributed by atoms with Gasteiger partial charge in [-0.25, -0.2) is 4.57 Å². The number of pyridine rings is 1. The normalized spacial score (nSPS) is 13.8. The molecule has 0 saturated heterocycles. The van der Waals surface area contributed by atoms with Crippen LogP contribution in [0.3, 0.4) is 0 Å². The van der Waals surface area contributed by atoms with Gasteiger partial charge in [0.15, 0.2) is 18.9 Å². The average Bonchev–Trinajstić information content (AvgIpc) is 2.39. The molecule has 1 aromatic carbocycles. The van der Waals surface area contributed by atoms with Gasteiger partial charge in [-0.2, -0.15) is 5.26 Å². The Balaban J connectivity index is 0.000000322. The van der Waals surface area contributed by atoms with E-state index < -0.39 is 19.5 Å². The van der Waals surface area contributed by atoms with Gasteiger partial charge in [0.1, 0.15) is 0 Å². The van der Waals surface area contributed by atoms with Crippen molar-refractivity contribution >= 4 is 31.1 Å². The molecule has 0 fully saturated rings. The number of nitriles is 1. The minimum atomic E-state index is -11.2. The van der Waals surface area contributed by atoms with Crippen LogP contribution >= 0.6 is 11.6 Å². The second-order valence-electron chi connectivity index (χ2n) is 4.46. The fourth-order valence-electron chi connectivity index (χ4n) is 1.44. The number of nitrogens with zero attached hydrogens (tertiary/aromatic N) is 2. The SMILES string of the molecule is N#Cc1cc[n+](Cc2ccc(Cl)cc2)cc1.[F][Sb-]([F])([F])([F])([F])[F]. The summed E-state index contributed by atoms with van der Waals surface area (Å²) in [7, 11) is 0. The zero-order chi connectivity index (χ0) is 17.8. The standard InChI is InChI=1S/C13H10ClN2.6FH.Sb/c14-13-3-1-12(2-4-13)10-16-7-5-11(9-15)6-8-16;;;;;;;/h1-8H,10H2;6*1H;/q+1;;;;;;;+5/p-6. The van der Waals surface area contributed by atoms with Crippen molar-refractivity contribution in [2.45, 2.75) is 6.54 Å². The molecule has 23 heavy (non-hydrogen) atoms. The third-order valence-electron chi connectivity index (χ3n) is 2.30. The molecule has 0 unspecified atom stereocenters. The molecule has 2 aromatic rings. The minimum absolute atomic E-state index is 0.673. The van der Waals surface area contributed by atoms with Crippen LogP contribution in [0, 0.1) is 11.3 Å². The summed E-state index contributed by atoms with van der Waals surface area (Å²) in [5.74, 6) is 0. The summed E-state index contributed by atoms with van der Waals surface area (Å²) < 4.78 is 61.6. The monoisotopic (exact) mass is 464 g/mol. The molecule has 0 atom stereocenters. The van der Waals surface area contributed by atoms with E-state index in [0.29, 0.717) is 5.56 Å². The fraction of sp³-hybridized carbons (Fsp3) is 0.0769. The van der Waals surface area contributed by atoms with Crippen LogP contribution in [0.5, 0.6) is 0 Å². The summed E-state index contributed by atoms with van der Waals surface area (Å²) in [6, 6.07) is 13.4. The Labute approximate surface area is 135 Å². The van der Waals surface area contributed by atoms with Crippen LogP contribution in [0.25, 0.3) is 0 Å². The van der Waals surface area contributed by atoms with E-state index in [-0.39, 0.29) is 0 Å². The third-order valence-corrected chi connectivity index (χ3v) is 2.55. The van der Waals surface area contributed by atoms with E-state index in [1.807, 2.05) is 41.2 Å². The number of benzene rings is 1. The molecule has 2 rings (SSSR count). The van der Waals surface area contributed by atoms with Crippen molar-refractivity contribution in [1.29, 1.82) is 5.26 Å². The van der Waals surface area contributed by atoms with Crippen molar-refractivity contribution in [3.05, 3.63) is 64.9 Å². The topological polar surface area (TPSA) is 27.7 Å². The average molecular weight is 465 g/mol. The molecule has 0 bridgehead atoms. The van der Waals surface area contributed by atoms with E-state index in [1.54, 1.807) is 12.1 Å². The van der Waals surface area contributed by atoms with Crippen LogP contribution in [0.2, 0.25) is 5.02 Å². The summed E-state index contributed by atoms with van der Waals surface area (Å²) in [6.45, 7) is 0.781. The molecule has 0 aliphatic carbocycles. The Kier molecular flexibility index (Phi) is 5.29. The van der Waals surface area contributed by atoms with Crippen molar-refractivity contribution in [3.63, 3.8) is 0 Å². The van der Waals surface area contributed by atoms with Gasteiger partial charge >= 0.3 is 36.4 Å². The van der Waals surface area contributed by atoms with Gasteiger partial charge in [0.25, 0.3) is 0 Å². The van der Waals surface area contributed by atoms with Gasteiger partial charge in [-0.3, -0.25) is 0 Å². The van der Waals surface area contributed by atoms with Gasteiger partial charge in [0.05, 0.1) is 11.6 Å². The van der Waals surface area contributed by atoms with E-state index in [9.17, 15) is 16.9 Å². The summed E-state index contributed by atoms with van der Waals surface area (Å²) >= 11 is -5.44. The van der Waals surface area contributed by atoms with Crippen molar-refractivity contribution in [1.82, 2.24) is 0 Å². The second-order valence-corrected chi connectivity index (χ2v) is 10.4. The molecule has 1 heterocycles. The van der Waals surface area contributed by atoms with Crippen LogP contribution in [0.15, 0.2) is 48.8 Å². The van der Waals surface area contributed by atoms with Gasteiger partial charge in [-0.15, -0.1) is 0 Å². The van der Waals surface area contributed by atoms with E-state index in [1.165, 1.54) is 5.56 Å². The van der Waals surface area contributed by atoms with Crippen LogP contribution < -0.4 is 4.57 Å². The van der Waals surface area contributed by atoms with E-state index in [4.69, 9.17) is 16.9 Å². The van der Waals surface area contributed by atoms with Crippen molar-refractivity contribution in [3.8, 4) is 6.07 Å². The molecule has 126 valence electrons. The number of halogens is 7. The van der Waals surface area contributed by atoms with Crippen molar-refractivity contribution < 1.29 is 21.4 Å². The summed E-state index contributed by atoms with van der Waals surface area (Å²) in [5, 5.41) is 9.42. The number of aromatic nitrogens is 1. The number of rotatable bonds is 2. The predicted molar refractivity (Wildman–Crippen MR) is 74.3 cm³/mol. The maximum absolute atomic E-state index is 11.2. The van der Waals surface area contributed by atoms with Crippen molar-refractivity contribution in [2.24, 2.45) is 0 Å². The zero-order valence-electron chi connectivity index (χ0n) is 11.3. The molecule has 0 radical (unpaired) electrons. The summed E-state index contributed by atoms with van der Waals surface area (Å²) in [5.41, 5.74) is 1.85. The molecule has 0 saturated carbocycles. The van der Waals surface area contributed by atoms with Gasteiger partial charge in [-0.1, -0.05) is 23.7 Å². The molecule has 2 nitrogen and oxygen atoms in total. The van der Waals surface area contributed by atoms with Crippen LogP contribution in [0.4, 0.5) is 16.9 Å². The van der Waals surface area contributed by atoms with Gasteiger partial charge in [0.2, 0.25) is 0 Å². The fourth-order valence-corrected chi connectivity index (χ4v) is 1.56. The molecular formula is C13H10ClF6N2Sb.